The second-order valence-electron chi connectivity index (χ2n) is 9.50. The zero-order valence-corrected chi connectivity index (χ0v) is 21.2. The molecule has 0 N–H and O–H groups in total. The van der Waals surface area contributed by atoms with E-state index in [1.165, 1.54) is 11.1 Å². The summed E-state index contributed by atoms with van der Waals surface area (Å²) in [5, 5.41) is 0. The normalized spacial score (nSPS) is 11.6. The molecule has 0 radical (unpaired) electrons. The molecule has 0 aliphatic heterocycles. The SMILES string of the molecule is CCCCOP(=O)([O-])[O-].C[N+](C)(C)Cc1ccccc1.C[N+](C)(C)Cc1ccccc1. The van der Waals surface area contributed by atoms with Gasteiger partial charge in [-0.2, -0.15) is 0 Å². The van der Waals surface area contributed by atoms with Crippen LogP contribution in [0.15, 0.2) is 60.7 Å². The lowest BCUT2D eigenvalue weighted by molar-refractivity contribution is -0.884. The van der Waals surface area contributed by atoms with Gasteiger partial charge in [0.15, 0.2) is 0 Å². The summed E-state index contributed by atoms with van der Waals surface area (Å²) in [5.41, 5.74) is 2.81. The van der Waals surface area contributed by atoms with Gasteiger partial charge in [0.1, 0.15) is 13.1 Å². The fraction of sp³-hybridized carbons (Fsp3) is 0.500. The van der Waals surface area contributed by atoms with Crippen molar-refractivity contribution in [3.8, 4) is 0 Å². The van der Waals surface area contributed by atoms with Crippen molar-refractivity contribution in [2.45, 2.75) is 32.9 Å². The molecule has 0 atom stereocenters. The lowest BCUT2D eigenvalue weighted by atomic mass is 10.2. The van der Waals surface area contributed by atoms with E-state index in [2.05, 4.69) is 107 Å². The highest BCUT2D eigenvalue weighted by Gasteiger charge is 2.07. The predicted molar refractivity (Wildman–Crippen MR) is 125 cm³/mol. The van der Waals surface area contributed by atoms with Crippen molar-refractivity contribution in [2.24, 2.45) is 0 Å². The van der Waals surface area contributed by atoms with Crippen molar-refractivity contribution >= 4 is 7.82 Å². The van der Waals surface area contributed by atoms with Gasteiger partial charge in [0.05, 0.1) is 56.7 Å². The first kappa shape index (κ1) is 29.5. The molecule has 0 spiro atoms. The third-order valence-electron chi connectivity index (χ3n) is 3.75. The minimum Gasteiger partial charge on any atom is -0.790 e. The van der Waals surface area contributed by atoms with Crippen LogP contribution in [-0.4, -0.2) is 57.9 Å². The molecular weight excluding hydrogens is 411 g/mol. The minimum absolute atomic E-state index is 0.0147. The summed E-state index contributed by atoms with van der Waals surface area (Å²) in [6.45, 7) is 4.09. The quantitative estimate of drug-likeness (QED) is 0.350. The molecule has 0 aromatic heterocycles. The smallest absolute Gasteiger partial charge is 0.104 e. The highest BCUT2D eigenvalue weighted by Crippen LogP contribution is 2.24. The van der Waals surface area contributed by atoms with Gasteiger partial charge in [-0.15, -0.1) is 0 Å². The van der Waals surface area contributed by atoms with Crippen molar-refractivity contribution in [2.75, 3.05) is 48.9 Å². The molecule has 2 aromatic carbocycles. The lowest BCUT2D eigenvalue weighted by Crippen LogP contribution is -2.33. The molecule has 0 aliphatic carbocycles. The molecule has 6 nitrogen and oxygen atoms in total. The summed E-state index contributed by atoms with van der Waals surface area (Å²) < 4.78 is 15.7. The fourth-order valence-corrected chi connectivity index (χ4v) is 2.94. The van der Waals surface area contributed by atoms with Crippen LogP contribution in [0.4, 0.5) is 0 Å². The van der Waals surface area contributed by atoms with E-state index >= 15 is 0 Å². The molecule has 2 rings (SSSR count). The number of rotatable bonds is 8. The molecule has 0 fully saturated rings. The molecular formula is C24H41N2O4P. The van der Waals surface area contributed by atoms with E-state index in [1.807, 2.05) is 6.92 Å². The van der Waals surface area contributed by atoms with Gasteiger partial charge in [-0.1, -0.05) is 74.0 Å². The van der Waals surface area contributed by atoms with Gasteiger partial charge in [0.2, 0.25) is 0 Å². The van der Waals surface area contributed by atoms with Crippen LogP contribution in [0.25, 0.3) is 0 Å². The summed E-state index contributed by atoms with van der Waals surface area (Å²) in [6, 6.07) is 21.1. The van der Waals surface area contributed by atoms with Crippen LogP contribution >= 0.6 is 7.82 Å². The van der Waals surface area contributed by atoms with E-state index in [4.69, 9.17) is 0 Å². The molecule has 0 amide bonds. The Balaban J connectivity index is 0.000000439. The Bertz CT molecular complexity index is 684. The standard InChI is InChI=1S/2C10H16N.C4H11O4P/c2*1-11(2,3)9-10-7-5-4-6-8-10;1-2-3-4-8-9(5,6)7/h2*4-8H,9H2,1-3H3;2-4H2,1H3,(H2,5,6,7)/q2*+1;/p-2. The van der Waals surface area contributed by atoms with E-state index in [0.717, 1.165) is 28.5 Å². The average molecular weight is 453 g/mol. The minimum atomic E-state index is -4.70. The molecule has 0 aliphatic rings. The molecule has 0 saturated carbocycles. The van der Waals surface area contributed by atoms with E-state index in [-0.39, 0.29) is 6.61 Å². The summed E-state index contributed by atoms with van der Waals surface area (Å²) in [5.74, 6) is 0. The Morgan fingerprint density at radius 1 is 0.742 bits per heavy atom. The summed E-state index contributed by atoms with van der Waals surface area (Å²) in [6.07, 6.45) is 1.43. The van der Waals surface area contributed by atoms with Gasteiger partial charge in [-0.05, 0) is 6.42 Å². The van der Waals surface area contributed by atoms with Gasteiger partial charge < -0.3 is 27.8 Å². The van der Waals surface area contributed by atoms with Crippen LogP contribution in [0.3, 0.4) is 0 Å². The molecule has 7 heteroatoms. The van der Waals surface area contributed by atoms with Gasteiger partial charge in [0.25, 0.3) is 0 Å². The number of phosphoric acid groups is 1. The van der Waals surface area contributed by atoms with Crippen LogP contribution in [0, 0.1) is 0 Å². The van der Waals surface area contributed by atoms with Crippen LogP contribution in [0.2, 0.25) is 0 Å². The number of phosphoric ester groups is 1. The van der Waals surface area contributed by atoms with Crippen LogP contribution in [-0.2, 0) is 22.2 Å². The van der Waals surface area contributed by atoms with Gasteiger partial charge in [0, 0.05) is 11.1 Å². The summed E-state index contributed by atoms with van der Waals surface area (Å²) in [4.78, 5) is 19.5. The van der Waals surface area contributed by atoms with Gasteiger partial charge in [-0.3, -0.25) is 0 Å². The average Bonchev–Trinajstić information content (AvgIpc) is 2.61. The Morgan fingerprint density at radius 2 is 1.10 bits per heavy atom. The van der Waals surface area contributed by atoms with Crippen molar-refractivity contribution in [1.82, 2.24) is 0 Å². The maximum absolute atomic E-state index is 9.76. The van der Waals surface area contributed by atoms with E-state index in [1.54, 1.807) is 0 Å². The second-order valence-corrected chi connectivity index (χ2v) is 10.7. The highest BCUT2D eigenvalue weighted by molar-refractivity contribution is 7.43. The molecule has 176 valence electrons. The fourth-order valence-electron chi connectivity index (χ4n) is 2.58. The predicted octanol–water partition coefficient (Wildman–Crippen LogP) is 3.42. The Labute approximate surface area is 189 Å². The third kappa shape index (κ3) is 21.5. The zero-order valence-electron chi connectivity index (χ0n) is 20.3. The molecule has 0 saturated heterocycles. The Hall–Kier alpha value is -1.53. The summed E-state index contributed by atoms with van der Waals surface area (Å²) in [7, 11) is 8.51. The number of nitrogens with zero attached hydrogens (tertiary/aromatic N) is 2. The number of hydrogen-bond acceptors (Lipinski definition) is 4. The Kier molecular flexibility index (Phi) is 13.8. The first-order chi connectivity index (χ1) is 14.2. The number of hydrogen-bond donors (Lipinski definition) is 0. The first-order valence-corrected chi connectivity index (χ1v) is 12.0. The molecule has 0 unspecified atom stereocenters. The zero-order chi connectivity index (χ0) is 24.0. The van der Waals surface area contributed by atoms with Crippen molar-refractivity contribution in [3.05, 3.63) is 71.8 Å². The molecule has 2 aromatic rings. The number of quaternary nitrogens is 2. The summed E-state index contributed by atoms with van der Waals surface area (Å²) >= 11 is 0. The maximum Gasteiger partial charge on any atom is 0.104 e. The molecule has 0 heterocycles. The van der Waals surface area contributed by atoms with Crippen molar-refractivity contribution < 1.29 is 27.8 Å². The van der Waals surface area contributed by atoms with Crippen molar-refractivity contribution in [1.29, 1.82) is 0 Å². The number of benzene rings is 2. The van der Waals surface area contributed by atoms with Crippen LogP contribution < -0.4 is 9.79 Å². The third-order valence-corrected chi connectivity index (χ3v) is 4.25. The van der Waals surface area contributed by atoms with Gasteiger partial charge in [-0.25, -0.2) is 0 Å². The number of unbranched alkanes of at least 4 members (excludes halogenated alkanes) is 1. The topological polar surface area (TPSA) is 72.4 Å². The highest BCUT2D eigenvalue weighted by atomic mass is 31.2. The van der Waals surface area contributed by atoms with Crippen LogP contribution in [0.1, 0.15) is 30.9 Å². The monoisotopic (exact) mass is 452 g/mol. The molecule has 31 heavy (non-hydrogen) atoms. The van der Waals surface area contributed by atoms with Crippen LogP contribution in [0.5, 0.6) is 0 Å². The largest absolute Gasteiger partial charge is 0.790 e. The molecule has 0 bridgehead atoms. The van der Waals surface area contributed by atoms with E-state index in [0.29, 0.717) is 6.42 Å². The maximum atomic E-state index is 9.76. The Morgan fingerprint density at radius 3 is 1.35 bits per heavy atom. The van der Waals surface area contributed by atoms with E-state index in [9.17, 15) is 14.4 Å². The van der Waals surface area contributed by atoms with Gasteiger partial charge >= 0.3 is 0 Å². The van der Waals surface area contributed by atoms with E-state index < -0.39 is 7.82 Å². The van der Waals surface area contributed by atoms with Crippen molar-refractivity contribution in [3.63, 3.8) is 0 Å². The second kappa shape index (κ2) is 14.5. The lowest BCUT2D eigenvalue weighted by Gasteiger charge is -2.28. The first-order valence-electron chi connectivity index (χ1n) is 10.6.